The molecule has 4 N–H and O–H groups in total. The number of unbranched alkanes of at least 4 members (excludes halogenated alkanes) is 1. The van der Waals surface area contributed by atoms with Crippen LogP contribution in [0.3, 0.4) is 0 Å². The average Bonchev–Trinajstić information content (AvgIpc) is 3.15. The molecule has 1 saturated heterocycles. The molecular formula is C40H47N3O6. The summed E-state index contributed by atoms with van der Waals surface area (Å²) in [5.41, 5.74) is 8.79. The van der Waals surface area contributed by atoms with Crippen LogP contribution in [-0.2, 0) is 32.2 Å². The zero-order valence-corrected chi connectivity index (χ0v) is 28.3. The van der Waals surface area contributed by atoms with Gasteiger partial charge in [0.15, 0.2) is 6.29 Å². The summed E-state index contributed by atoms with van der Waals surface area (Å²) in [4.78, 5) is 25.8. The summed E-state index contributed by atoms with van der Waals surface area (Å²) in [6.45, 7) is 3.36. The van der Waals surface area contributed by atoms with Crippen molar-refractivity contribution in [1.82, 2.24) is 15.7 Å². The first-order valence-electron chi connectivity index (χ1n) is 17.0. The van der Waals surface area contributed by atoms with Crippen LogP contribution >= 0.6 is 0 Å². The maximum absolute atomic E-state index is 12.3. The van der Waals surface area contributed by atoms with E-state index in [2.05, 4.69) is 78.8 Å². The van der Waals surface area contributed by atoms with Crippen molar-refractivity contribution in [2.45, 2.75) is 76.7 Å². The second-order valence-corrected chi connectivity index (χ2v) is 12.7. The Balaban J connectivity index is 1.24. The maximum Gasteiger partial charge on any atom is 0.243 e. The van der Waals surface area contributed by atoms with Gasteiger partial charge in [0.05, 0.1) is 18.8 Å². The van der Waals surface area contributed by atoms with Crippen LogP contribution in [0.2, 0.25) is 0 Å². The van der Waals surface area contributed by atoms with Gasteiger partial charge in [0, 0.05) is 44.0 Å². The topological polar surface area (TPSA) is 120 Å². The molecule has 1 fully saturated rings. The van der Waals surface area contributed by atoms with Gasteiger partial charge in [-0.3, -0.25) is 19.7 Å². The summed E-state index contributed by atoms with van der Waals surface area (Å²) < 4.78 is 13.2. The SMILES string of the molecule is CC(c1ccccc1)N(C)CC1CC(c2ccc(CO)cc2)OC(c2ccc(-c3cccc(CNC(=O)CCCCC(=O)NO)c3)cc2)O1. The molecular weight excluding hydrogens is 618 g/mol. The highest BCUT2D eigenvalue weighted by molar-refractivity contribution is 5.76. The lowest BCUT2D eigenvalue weighted by atomic mass is 9.98. The van der Waals surface area contributed by atoms with Crippen molar-refractivity contribution in [3.05, 3.63) is 131 Å². The average molecular weight is 666 g/mol. The van der Waals surface area contributed by atoms with Crippen LogP contribution < -0.4 is 10.8 Å². The molecule has 49 heavy (non-hydrogen) atoms. The van der Waals surface area contributed by atoms with E-state index < -0.39 is 12.2 Å². The molecule has 1 heterocycles. The number of ether oxygens (including phenoxy) is 2. The molecule has 9 heteroatoms. The summed E-state index contributed by atoms with van der Waals surface area (Å²) in [7, 11) is 2.13. The van der Waals surface area contributed by atoms with E-state index in [0.717, 1.165) is 39.9 Å². The maximum atomic E-state index is 12.3. The number of amides is 2. The summed E-state index contributed by atoms with van der Waals surface area (Å²) >= 11 is 0. The van der Waals surface area contributed by atoms with Gasteiger partial charge < -0.3 is 19.9 Å². The Morgan fingerprint density at radius 1 is 0.816 bits per heavy atom. The van der Waals surface area contributed by atoms with E-state index in [9.17, 15) is 14.7 Å². The summed E-state index contributed by atoms with van der Waals surface area (Å²) in [6.07, 6.45) is 1.55. The molecule has 1 aliphatic heterocycles. The first kappa shape index (κ1) is 35.9. The molecule has 1 aliphatic rings. The molecule has 0 bridgehead atoms. The van der Waals surface area contributed by atoms with Gasteiger partial charge in [0.25, 0.3) is 0 Å². The highest BCUT2D eigenvalue weighted by Gasteiger charge is 2.33. The highest BCUT2D eigenvalue weighted by Crippen LogP contribution is 2.39. The molecule has 4 unspecified atom stereocenters. The lowest BCUT2D eigenvalue weighted by Gasteiger charge is -2.39. The second-order valence-electron chi connectivity index (χ2n) is 12.7. The normalized spacial score (nSPS) is 18.2. The van der Waals surface area contributed by atoms with Gasteiger partial charge in [-0.15, -0.1) is 0 Å². The molecule has 0 aliphatic carbocycles. The Labute approximate surface area is 288 Å². The number of hydroxylamine groups is 1. The minimum Gasteiger partial charge on any atom is -0.392 e. The van der Waals surface area contributed by atoms with Crippen LogP contribution in [-0.4, -0.2) is 46.7 Å². The van der Waals surface area contributed by atoms with Gasteiger partial charge in [-0.05, 0) is 66.3 Å². The van der Waals surface area contributed by atoms with Crippen molar-refractivity contribution in [2.24, 2.45) is 0 Å². The van der Waals surface area contributed by atoms with Crippen LogP contribution in [0.1, 0.15) is 85.3 Å². The molecule has 4 aromatic carbocycles. The summed E-state index contributed by atoms with van der Waals surface area (Å²) in [6, 6.07) is 35.0. The molecule has 2 amide bonds. The predicted molar refractivity (Wildman–Crippen MR) is 188 cm³/mol. The van der Waals surface area contributed by atoms with Gasteiger partial charge >= 0.3 is 0 Å². The molecule has 0 aromatic heterocycles. The van der Waals surface area contributed by atoms with Crippen molar-refractivity contribution < 1.29 is 29.4 Å². The fourth-order valence-electron chi connectivity index (χ4n) is 6.11. The number of hydrogen-bond donors (Lipinski definition) is 4. The Bertz CT molecular complexity index is 1630. The minimum atomic E-state index is -0.546. The molecule has 9 nitrogen and oxygen atoms in total. The van der Waals surface area contributed by atoms with E-state index in [0.29, 0.717) is 32.2 Å². The zero-order chi connectivity index (χ0) is 34.6. The van der Waals surface area contributed by atoms with Crippen molar-refractivity contribution in [2.75, 3.05) is 13.6 Å². The first-order valence-corrected chi connectivity index (χ1v) is 17.0. The van der Waals surface area contributed by atoms with Crippen molar-refractivity contribution in [1.29, 1.82) is 0 Å². The van der Waals surface area contributed by atoms with Crippen molar-refractivity contribution in [3.8, 4) is 11.1 Å². The van der Waals surface area contributed by atoms with Gasteiger partial charge in [-0.1, -0.05) is 97.1 Å². The standard InChI is InChI=1S/C40H47N3O6/c1-28(31-10-4-3-5-11-31)43(2)26-36-24-37(33-17-15-29(27-44)16-18-33)49-40(48-36)34-21-19-32(20-22-34)35-12-8-9-30(23-35)25-41-38(45)13-6-7-14-39(46)42-47/h3-5,8-12,15-23,28,36-37,40,44,47H,6-7,13-14,24-27H2,1-2H3,(H,41,45)(H,42,46). The van der Waals surface area contributed by atoms with E-state index in [-0.39, 0.29) is 37.2 Å². The Hall–Kier alpha value is -4.38. The van der Waals surface area contributed by atoms with Crippen LogP contribution in [0, 0.1) is 0 Å². The van der Waals surface area contributed by atoms with Crippen molar-refractivity contribution >= 4 is 11.8 Å². The molecule has 4 aromatic rings. The summed E-state index contributed by atoms with van der Waals surface area (Å²) in [5.74, 6) is -0.520. The number of likely N-dealkylation sites (N-methyl/N-ethyl adjacent to an activating group) is 1. The van der Waals surface area contributed by atoms with Crippen LogP contribution in [0.15, 0.2) is 103 Å². The van der Waals surface area contributed by atoms with Crippen LogP contribution in [0.25, 0.3) is 11.1 Å². The number of aliphatic hydroxyl groups excluding tert-OH is 1. The Morgan fingerprint density at radius 2 is 1.51 bits per heavy atom. The van der Waals surface area contributed by atoms with E-state index in [1.807, 2.05) is 48.5 Å². The second kappa shape index (κ2) is 17.9. The molecule has 0 radical (unpaired) electrons. The number of carbonyl (C=O) groups excluding carboxylic acids is 2. The van der Waals surface area contributed by atoms with E-state index in [4.69, 9.17) is 14.7 Å². The quantitative estimate of drug-likeness (QED) is 0.0629. The van der Waals surface area contributed by atoms with Crippen LogP contribution in [0.5, 0.6) is 0 Å². The smallest absolute Gasteiger partial charge is 0.243 e. The number of nitrogens with zero attached hydrogens (tertiary/aromatic N) is 1. The van der Waals surface area contributed by atoms with Crippen LogP contribution in [0.4, 0.5) is 0 Å². The third kappa shape index (κ3) is 10.3. The number of benzene rings is 4. The Morgan fingerprint density at radius 3 is 2.20 bits per heavy atom. The van der Waals surface area contributed by atoms with E-state index in [1.54, 1.807) is 5.48 Å². The van der Waals surface area contributed by atoms with E-state index in [1.165, 1.54) is 5.56 Å². The Kier molecular flexibility index (Phi) is 13.1. The number of carbonyl (C=O) groups is 2. The largest absolute Gasteiger partial charge is 0.392 e. The molecule has 0 saturated carbocycles. The number of rotatable bonds is 15. The molecule has 0 spiro atoms. The first-order chi connectivity index (χ1) is 23.8. The summed E-state index contributed by atoms with van der Waals surface area (Å²) in [5, 5.41) is 21.1. The van der Waals surface area contributed by atoms with Gasteiger partial charge in [0.1, 0.15) is 0 Å². The fraction of sp³-hybridized carbons (Fsp3) is 0.350. The monoisotopic (exact) mass is 665 g/mol. The predicted octanol–water partition coefficient (Wildman–Crippen LogP) is 6.77. The van der Waals surface area contributed by atoms with E-state index >= 15 is 0 Å². The molecule has 4 atom stereocenters. The lowest BCUT2D eigenvalue weighted by molar-refractivity contribution is -0.253. The number of nitrogens with one attached hydrogen (secondary N) is 2. The van der Waals surface area contributed by atoms with Gasteiger partial charge in [-0.25, -0.2) is 5.48 Å². The molecule has 5 rings (SSSR count). The fourth-order valence-corrected chi connectivity index (χ4v) is 6.11. The third-order valence-electron chi connectivity index (χ3n) is 9.16. The highest BCUT2D eigenvalue weighted by atomic mass is 16.7. The lowest BCUT2D eigenvalue weighted by Crippen LogP contribution is -2.38. The molecule has 258 valence electrons. The van der Waals surface area contributed by atoms with Gasteiger partial charge in [-0.2, -0.15) is 0 Å². The zero-order valence-electron chi connectivity index (χ0n) is 28.3. The minimum absolute atomic E-state index is 0.00127. The van der Waals surface area contributed by atoms with Gasteiger partial charge in [0.2, 0.25) is 11.8 Å². The number of hydrogen-bond acceptors (Lipinski definition) is 7. The number of aliphatic hydroxyl groups is 1. The van der Waals surface area contributed by atoms with Crippen molar-refractivity contribution in [3.63, 3.8) is 0 Å². The third-order valence-corrected chi connectivity index (χ3v) is 9.16.